The smallest absolute Gasteiger partial charge is 0.288 e. The molecule has 3 nitrogen and oxygen atoms in total. The van der Waals surface area contributed by atoms with Gasteiger partial charge in [0.15, 0.2) is 0 Å². The Labute approximate surface area is 97.7 Å². The molecule has 16 heavy (non-hydrogen) atoms. The molecule has 1 aromatic carbocycles. The Morgan fingerprint density at radius 2 is 1.69 bits per heavy atom. The summed E-state index contributed by atoms with van der Waals surface area (Å²) < 4.78 is 36.9. The van der Waals surface area contributed by atoms with Gasteiger partial charge in [-0.05, 0) is 12.1 Å². The molecule has 0 unspecified atom stereocenters. The zero-order valence-corrected chi connectivity index (χ0v) is 8.91. The molecule has 2 N–H and O–H groups in total. The van der Waals surface area contributed by atoms with Gasteiger partial charge in [0.25, 0.3) is 5.91 Å². The molecule has 1 aromatic rings. The highest BCUT2D eigenvalue weighted by Crippen LogP contribution is 2.35. The fraction of sp³-hybridized carbons (Fsp3) is 0.125. The van der Waals surface area contributed by atoms with E-state index in [1.807, 2.05) is 0 Å². The quantitative estimate of drug-likeness (QED) is 0.610. The number of hydrogen-bond donors (Lipinski definition) is 2. The zero-order valence-electron chi connectivity index (χ0n) is 7.40. The molecule has 0 bridgehead atoms. The van der Waals surface area contributed by atoms with E-state index >= 15 is 0 Å². The molecule has 0 aliphatic rings. The second-order valence-electron chi connectivity index (χ2n) is 2.75. The first-order chi connectivity index (χ1) is 7.27. The van der Waals surface area contributed by atoms with Gasteiger partial charge in [0.05, 0.1) is 21.2 Å². The van der Waals surface area contributed by atoms with Crippen molar-refractivity contribution in [3.63, 3.8) is 0 Å². The number of benzene rings is 1. The van der Waals surface area contributed by atoms with Crippen molar-refractivity contribution in [3.05, 3.63) is 33.3 Å². The Kier molecular flexibility index (Phi) is 3.67. The van der Waals surface area contributed by atoms with Crippen LogP contribution in [0.15, 0.2) is 12.1 Å². The van der Waals surface area contributed by atoms with Crippen LogP contribution in [0.5, 0.6) is 0 Å². The lowest BCUT2D eigenvalue weighted by molar-refractivity contribution is -0.137. The van der Waals surface area contributed by atoms with Gasteiger partial charge in [-0.2, -0.15) is 13.2 Å². The maximum atomic E-state index is 12.3. The SMILES string of the molecule is O=C(NO)c1c(Cl)cc(C(F)(F)F)cc1Cl. The Morgan fingerprint density at radius 3 is 2.00 bits per heavy atom. The van der Waals surface area contributed by atoms with Gasteiger partial charge in [-0.3, -0.25) is 10.0 Å². The average molecular weight is 274 g/mol. The van der Waals surface area contributed by atoms with E-state index < -0.39 is 33.3 Å². The second kappa shape index (κ2) is 4.48. The predicted octanol–water partition coefficient (Wildman–Crippen LogP) is 3.13. The van der Waals surface area contributed by atoms with Crippen molar-refractivity contribution < 1.29 is 23.2 Å². The summed E-state index contributed by atoms with van der Waals surface area (Å²) in [7, 11) is 0. The Morgan fingerprint density at radius 1 is 1.25 bits per heavy atom. The molecule has 1 amide bonds. The molecule has 0 aliphatic carbocycles. The van der Waals surface area contributed by atoms with Crippen LogP contribution in [0, 0.1) is 0 Å². The molecule has 0 atom stereocenters. The van der Waals surface area contributed by atoms with Gasteiger partial charge in [0, 0.05) is 0 Å². The molecule has 0 radical (unpaired) electrons. The van der Waals surface area contributed by atoms with Gasteiger partial charge in [0.1, 0.15) is 0 Å². The van der Waals surface area contributed by atoms with Crippen LogP contribution in [0.25, 0.3) is 0 Å². The first-order valence-corrected chi connectivity index (χ1v) is 4.53. The summed E-state index contributed by atoms with van der Waals surface area (Å²) in [6, 6.07) is 1.11. The second-order valence-corrected chi connectivity index (χ2v) is 3.57. The van der Waals surface area contributed by atoms with Crippen LogP contribution in [0.4, 0.5) is 13.2 Å². The highest BCUT2D eigenvalue weighted by atomic mass is 35.5. The minimum atomic E-state index is -4.61. The van der Waals surface area contributed by atoms with Crippen LogP contribution >= 0.6 is 23.2 Å². The molecule has 0 saturated heterocycles. The Hall–Kier alpha value is -0.980. The number of carbonyl (C=O) groups excluding carboxylic acids is 1. The van der Waals surface area contributed by atoms with Gasteiger partial charge in [-0.25, -0.2) is 5.48 Å². The van der Waals surface area contributed by atoms with Gasteiger partial charge < -0.3 is 0 Å². The van der Waals surface area contributed by atoms with Gasteiger partial charge in [-0.15, -0.1) is 0 Å². The Bertz CT molecular complexity index is 411. The molecule has 0 spiro atoms. The van der Waals surface area contributed by atoms with E-state index in [1.54, 1.807) is 0 Å². The highest BCUT2D eigenvalue weighted by Gasteiger charge is 2.32. The fourth-order valence-corrected chi connectivity index (χ4v) is 1.67. The predicted molar refractivity (Wildman–Crippen MR) is 50.7 cm³/mol. The van der Waals surface area contributed by atoms with E-state index in [2.05, 4.69) is 0 Å². The van der Waals surface area contributed by atoms with Crippen molar-refractivity contribution in [2.75, 3.05) is 0 Å². The van der Waals surface area contributed by atoms with Crippen LogP contribution in [0.3, 0.4) is 0 Å². The topological polar surface area (TPSA) is 49.3 Å². The van der Waals surface area contributed by atoms with Gasteiger partial charge in [-0.1, -0.05) is 23.2 Å². The summed E-state index contributed by atoms with van der Waals surface area (Å²) in [5, 5.41) is 7.34. The Balaban J connectivity index is 3.34. The number of halogens is 5. The standard InChI is InChI=1S/C8H4Cl2F3NO2/c9-4-1-3(8(11,12)13)2-5(10)6(4)7(15)14-16/h1-2,16H,(H,14,15). The van der Waals surface area contributed by atoms with Crippen molar-refractivity contribution in [1.82, 2.24) is 5.48 Å². The number of alkyl halides is 3. The monoisotopic (exact) mass is 273 g/mol. The molecule has 88 valence electrons. The number of carbonyl (C=O) groups is 1. The summed E-state index contributed by atoms with van der Waals surface area (Å²) in [4.78, 5) is 11.0. The number of nitrogens with one attached hydrogen (secondary N) is 1. The number of hydrogen-bond acceptors (Lipinski definition) is 2. The van der Waals surface area contributed by atoms with E-state index in [0.717, 1.165) is 0 Å². The molecule has 0 saturated carbocycles. The summed E-state index contributed by atoms with van der Waals surface area (Å²) in [5.41, 5.74) is -0.258. The number of hydroxylamine groups is 1. The van der Waals surface area contributed by atoms with Crippen molar-refractivity contribution in [3.8, 4) is 0 Å². The average Bonchev–Trinajstić information content (AvgIpc) is 2.14. The lowest BCUT2D eigenvalue weighted by atomic mass is 10.1. The van der Waals surface area contributed by atoms with Crippen molar-refractivity contribution in [2.24, 2.45) is 0 Å². The van der Waals surface area contributed by atoms with E-state index in [-0.39, 0.29) is 0 Å². The first kappa shape index (κ1) is 13.1. The molecule has 8 heteroatoms. The summed E-state index contributed by atoms with van der Waals surface area (Å²) in [6.07, 6.45) is -4.61. The highest BCUT2D eigenvalue weighted by molar-refractivity contribution is 6.39. The molecule has 0 fully saturated rings. The van der Waals surface area contributed by atoms with Crippen molar-refractivity contribution in [2.45, 2.75) is 6.18 Å². The number of rotatable bonds is 1. The van der Waals surface area contributed by atoms with Crippen molar-refractivity contribution in [1.29, 1.82) is 0 Å². The molecular weight excluding hydrogens is 270 g/mol. The van der Waals surface area contributed by atoms with Crippen LogP contribution < -0.4 is 5.48 Å². The third-order valence-corrected chi connectivity index (χ3v) is 2.29. The minimum Gasteiger partial charge on any atom is -0.288 e. The van der Waals surface area contributed by atoms with E-state index in [1.165, 1.54) is 5.48 Å². The van der Waals surface area contributed by atoms with Crippen LogP contribution in [-0.2, 0) is 6.18 Å². The van der Waals surface area contributed by atoms with E-state index in [9.17, 15) is 18.0 Å². The van der Waals surface area contributed by atoms with Crippen LogP contribution in [0.2, 0.25) is 10.0 Å². The molecule has 0 aliphatic heterocycles. The number of amides is 1. The maximum absolute atomic E-state index is 12.3. The zero-order chi connectivity index (χ0) is 12.5. The van der Waals surface area contributed by atoms with E-state index in [4.69, 9.17) is 28.4 Å². The molecule has 0 heterocycles. The van der Waals surface area contributed by atoms with E-state index in [0.29, 0.717) is 12.1 Å². The third kappa shape index (κ3) is 2.58. The van der Waals surface area contributed by atoms with Gasteiger partial charge >= 0.3 is 6.18 Å². The summed E-state index contributed by atoms with van der Waals surface area (Å²) >= 11 is 10.9. The van der Waals surface area contributed by atoms with Gasteiger partial charge in [0.2, 0.25) is 0 Å². The molecular formula is C8H4Cl2F3NO2. The largest absolute Gasteiger partial charge is 0.416 e. The fourth-order valence-electron chi connectivity index (χ4n) is 1.01. The lowest BCUT2D eigenvalue weighted by Crippen LogP contribution is -2.20. The summed E-state index contributed by atoms with van der Waals surface area (Å²) in [5.74, 6) is -1.08. The summed E-state index contributed by atoms with van der Waals surface area (Å²) in [6.45, 7) is 0. The maximum Gasteiger partial charge on any atom is 0.416 e. The lowest BCUT2D eigenvalue weighted by Gasteiger charge is -2.10. The van der Waals surface area contributed by atoms with Crippen molar-refractivity contribution >= 4 is 29.1 Å². The normalized spacial score (nSPS) is 11.4. The minimum absolute atomic E-state index is 0.418. The van der Waals surface area contributed by atoms with Crippen LogP contribution in [0.1, 0.15) is 15.9 Å². The molecule has 0 aromatic heterocycles. The third-order valence-electron chi connectivity index (χ3n) is 1.70. The molecule has 1 rings (SSSR count). The van der Waals surface area contributed by atoms with Crippen LogP contribution in [-0.4, -0.2) is 11.1 Å². The first-order valence-electron chi connectivity index (χ1n) is 3.78.